The fraction of sp³-hybridized carbons (Fsp3) is 0.107. The molecule has 0 unspecified atom stereocenters. The Morgan fingerprint density at radius 3 is 1.60 bits per heavy atom. The molecule has 1 N–H and O–H groups in total. The smallest absolute Gasteiger partial charge is 0.187 e. The summed E-state index contributed by atoms with van der Waals surface area (Å²) in [5.74, 6) is -5.84. The fourth-order valence-electron chi connectivity index (χ4n) is 4.45. The SMILES string of the molecule is O=C(Cn1cncn1)c1cc(F)ccc1F.OC(c1cc(F)ccc1F)(c1cc(F)ccc1F)C(n1cncn1)n1cncn1. The Kier molecular flexibility index (Phi) is 8.80. The summed E-state index contributed by atoms with van der Waals surface area (Å²) in [5, 5.41) is 23.3. The molecule has 0 fully saturated rings. The third-order valence-electron chi connectivity index (χ3n) is 6.43. The molecule has 0 amide bonds. The van der Waals surface area contributed by atoms with Crippen molar-refractivity contribution >= 4 is 5.78 Å². The zero-order valence-electron chi connectivity index (χ0n) is 22.6. The summed E-state index contributed by atoms with van der Waals surface area (Å²) in [5.41, 5.74) is -4.29. The summed E-state index contributed by atoms with van der Waals surface area (Å²) in [7, 11) is 0. The van der Waals surface area contributed by atoms with E-state index in [0.29, 0.717) is 12.1 Å². The van der Waals surface area contributed by atoms with Crippen molar-refractivity contribution in [2.24, 2.45) is 0 Å². The number of Topliss-reactive ketones (excluding diaryl/α,β-unsaturated/α-hetero) is 1. The molecule has 0 atom stereocenters. The predicted molar refractivity (Wildman–Crippen MR) is 141 cm³/mol. The van der Waals surface area contributed by atoms with Gasteiger partial charge in [0.25, 0.3) is 0 Å². The first-order valence-electron chi connectivity index (χ1n) is 12.7. The lowest BCUT2D eigenvalue weighted by Crippen LogP contribution is -2.44. The van der Waals surface area contributed by atoms with Gasteiger partial charge in [-0.2, -0.15) is 15.3 Å². The van der Waals surface area contributed by atoms with Crippen LogP contribution in [0.5, 0.6) is 0 Å². The molecule has 6 aromatic rings. The number of hydrogen-bond acceptors (Lipinski definition) is 8. The molecule has 230 valence electrons. The minimum atomic E-state index is -2.69. The third kappa shape index (κ3) is 6.47. The van der Waals surface area contributed by atoms with Gasteiger partial charge in [0, 0.05) is 11.1 Å². The summed E-state index contributed by atoms with van der Waals surface area (Å²) >= 11 is 0. The first-order chi connectivity index (χ1) is 21.6. The van der Waals surface area contributed by atoms with Gasteiger partial charge in [-0.1, -0.05) is 0 Å². The number of benzene rings is 3. The van der Waals surface area contributed by atoms with Crippen molar-refractivity contribution < 1.29 is 36.2 Å². The quantitative estimate of drug-likeness (QED) is 0.199. The van der Waals surface area contributed by atoms with E-state index < -0.39 is 63.6 Å². The van der Waals surface area contributed by atoms with Crippen molar-refractivity contribution in [3.8, 4) is 0 Å². The van der Waals surface area contributed by atoms with Crippen LogP contribution in [0.15, 0.2) is 92.6 Å². The average molecular weight is 628 g/mol. The van der Waals surface area contributed by atoms with Crippen LogP contribution in [0.4, 0.5) is 26.3 Å². The summed E-state index contributed by atoms with van der Waals surface area (Å²) in [6, 6.07) is 7.35. The number of rotatable bonds is 8. The Morgan fingerprint density at radius 2 is 1.13 bits per heavy atom. The van der Waals surface area contributed by atoms with Crippen LogP contribution < -0.4 is 0 Å². The van der Waals surface area contributed by atoms with Gasteiger partial charge in [0.05, 0.1) is 5.56 Å². The van der Waals surface area contributed by atoms with Gasteiger partial charge in [0.2, 0.25) is 0 Å². The number of aliphatic hydroxyl groups is 1. The molecule has 6 rings (SSSR count). The fourth-order valence-corrected chi connectivity index (χ4v) is 4.45. The number of ketones is 1. The Morgan fingerprint density at radius 1 is 0.667 bits per heavy atom. The standard InChI is InChI=1S/C18H12F4N6O.C10H7F2N3O/c19-11-1-3-15(21)13(5-11)18(29,14-6-12(20)2-4-16(14)22)17(27-9-23-7-25-27)28-10-24-8-26-28;11-7-1-2-9(12)8(3-7)10(16)4-15-6-13-5-14-15/h1-10,17,29H;1-3,5-6H,4H2. The van der Waals surface area contributed by atoms with Crippen LogP contribution >= 0.6 is 0 Å². The van der Waals surface area contributed by atoms with Crippen molar-refractivity contribution in [1.29, 1.82) is 0 Å². The first kappa shape index (κ1) is 30.7. The third-order valence-corrected chi connectivity index (χ3v) is 6.43. The van der Waals surface area contributed by atoms with Crippen LogP contribution in [0.25, 0.3) is 0 Å². The highest BCUT2D eigenvalue weighted by Gasteiger charge is 2.48. The van der Waals surface area contributed by atoms with Gasteiger partial charge in [0.15, 0.2) is 17.6 Å². The Hall–Kier alpha value is -5.71. The molecular formula is C28H19F6N9O2. The van der Waals surface area contributed by atoms with Gasteiger partial charge in [0.1, 0.15) is 79.4 Å². The van der Waals surface area contributed by atoms with Gasteiger partial charge >= 0.3 is 0 Å². The van der Waals surface area contributed by atoms with E-state index in [1.54, 1.807) is 0 Å². The number of halogens is 6. The van der Waals surface area contributed by atoms with E-state index in [1.807, 2.05) is 0 Å². The van der Waals surface area contributed by atoms with Gasteiger partial charge in [-0.05, 0) is 54.6 Å². The molecular weight excluding hydrogens is 608 g/mol. The highest BCUT2D eigenvalue weighted by atomic mass is 19.1. The van der Waals surface area contributed by atoms with E-state index in [9.17, 15) is 36.2 Å². The number of carbonyl (C=O) groups excluding carboxylic acids is 1. The minimum absolute atomic E-state index is 0.166. The molecule has 17 heteroatoms. The highest BCUT2D eigenvalue weighted by Crippen LogP contribution is 2.42. The van der Waals surface area contributed by atoms with Crippen molar-refractivity contribution in [3.63, 3.8) is 0 Å². The Bertz CT molecular complexity index is 1820. The maximum Gasteiger partial charge on any atom is 0.187 e. The number of carbonyl (C=O) groups is 1. The lowest BCUT2D eigenvalue weighted by Gasteiger charge is -2.37. The van der Waals surface area contributed by atoms with Gasteiger partial charge < -0.3 is 5.11 Å². The number of nitrogens with zero attached hydrogens (tertiary/aromatic N) is 9. The predicted octanol–water partition coefficient (Wildman–Crippen LogP) is 3.85. The first-order valence-corrected chi connectivity index (χ1v) is 12.7. The van der Waals surface area contributed by atoms with E-state index >= 15 is 0 Å². The summed E-state index contributed by atoms with van der Waals surface area (Å²) in [4.78, 5) is 22.8. The van der Waals surface area contributed by atoms with Gasteiger partial charge in [-0.3, -0.25) is 4.79 Å². The van der Waals surface area contributed by atoms with Crippen LogP contribution in [0, 0.1) is 34.9 Å². The molecule has 0 aliphatic carbocycles. The highest BCUT2D eigenvalue weighted by molar-refractivity contribution is 5.96. The average Bonchev–Trinajstić information content (AvgIpc) is 3.83. The number of aromatic nitrogens is 9. The van der Waals surface area contributed by atoms with Crippen molar-refractivity contribution in [2.45, 2.75) is 18.3 Å². The van der Waals surface area contributed by atoms with Crippen molar-refractivity contribution in [3.05, 3.63) is 144 Å². The lowest BCUT2D eigenvalue weighted by atomic mass is 9.82. The van der Waals surface area contributed by atoms with Crippen molar-refractivity contribution in [1.82, 2.24) is 44.3 Å². The van der Waals surface area contributed by atoms with Crippen LogP contribution in [0.2, 0.25) is 0 Å². The van der Waals surface area contributed by atoms with Crippen LogP contribution in [0.1, 0.15) is 27.7 Å². The second kappa shape index (κ2) is 12.9. The normalized spacial score (nSPS) is 11.4. The second-order valence-electron chi connectivity index (χ2n) is 9.28. The molecule has 45 heavy (non-hydrogen) atoms. The zero-order valence-corrected chi connectivity index (χ0v) is 22.6. The molecule has 0 aliphatic heterocycles. The van der Waals surface area contributed by atoms with E-state index in [-0.39, 0.29) is 12.1 Å². The number of hydrogen-bond donors (Lipinski definition) is 1. The molecule has 3 aromatic carbocycles. The second-order valence-corrected chi connectivity index (χ2v) is 9.28. The topological polar surface area (TPSA) is 129 Å². The molecule has 11 nitrogen and oxygen atoms in total. The molecule has 3 aromatic heterocycles. The minimum Gasteiger partial charge on any atom is -0.376 e. The van der Waals surface area contributed by atoms with Crippen LogP contribution in [-0.4, -0.2) is 55.2 Å². The van der Waals surface area contributed by atoms with E-state index in [1.165, 1.54) is 17.3 Å². The van der Waals surface area contributed by atoms with Crippen molar-refractivity contribution in [2.75, 3.05) is 0 Å². The summed E-state index contributed by atoms with van der Waals surface area (Å²) in [6.45, 7) is -0.166. The molecule has 0 aliphatic rings. The lowest BCUT2D eigenvalue weighted by molar-refractivity contribution is -0.00825. The van der Waals surface area contributed by atoms with Crippen LogP contribution in [0.3, 0.4) is 0 Å². The Balaban J connectivity index is 0.000000211. The summed E-state index contributed by atoms with van der Waals surface area (Å²) in [6.07, 6.45) is 5.62. The van der Waals surface area contributed by atoms with Crippen LogP contribution in [-0.2, 0) is 12.1 Å². The molecule has 3 heterocycles. The molecule has 0 spiro atoms. The zero-order chi connectivity index (χ0) is 32.1. The molecule has 0 bridgehead atoms. The monoisotopic (exact) mass is 627 g/mol. The molecule has 0 radical (unpaired) electrons. The molecule has 0 saturated heterocycles. The Labute approximate surface area is 249 Å². The largest absolute Gasteiger partial charge is 0.376 e. The van der Waals surface area contributed by atoms with Gasteiger partial charge in [-0.25, -0.2) is 55.3 Å². The summed E-state index contributed by atoms with van der Waals surface area (Å²) < 4.78 is 87.0. The van der Waals surface area contributed by atoms with E-state index in [4.69, 9.17) is 0 Å². The van der Waals surface area contributed by atoms with E-state index in [0.717, 1.165) is 77.1 Å². The molecule has 0 saturated carbocycles. The van der Waals surface area contributed by atoms with Gasteiger partial charge in [-0.15, -0.1) is 0 Å². The maximum atomic E-state index is 14.8. The maximum absolute atomic E-state index is 14.8. The van der Waals surface area contributed by atoms with E-state index in [2.05, 4.69) is 30.2 Å².